The largest absolute Gasteiger partial charge is 0.316 e. The van der Waals surface area contributed by atoms with E-state index in [-0.39, 0.29) is 0 Å². The van der Waals surface area contributed by atoms with Crippen LogP contribution in [0.5, 0.6) is 0 Å². The first-order chi connectivity index (χ1) is 9.49. The molecule has 0 radical (unpaired) electrons. The van der Waals surface area contributed by atoms with Crippen molar-refractivity contribution in [2.75, 3.05) is 24.6 Å². The van der Waals surface area contributed by atoms with E-state index in [9.17, 15) is 0 Å². The van der Waals surface area contributed by atoms with Crippen LogP contribution in [0.1, 0.15) is 66.7 Å². The van der Waals surface area contributed by atoms with Crippen LogP contribution in [0, 0.1) is 23.2 Å². The molecular weight excluding hydrogens is 262 g/mol. The van der Waals surface area contributed by atoms with Crippen molar-refractivity contribution in [3.63, 3.8) is 0 Å². The summed E-state index contributed by atoms with van der Waals surface area (Å²) in [5.41, 5.74) is 0.498. The van der Waals surface area contributed by atoms with Gasteiger partial charge in [0.25, 0.3) is 0 Å². The molecule has 0 aromatic rings. The molecule has 1 saturated carbocycles. The zero-order valence-corrected chi connectivity index (χ0v) is 15.3. The molecule has 120 valence electrons. The van der Waals surface area contributed by atoms with Crippen LogP contribution >= 0.6 is 11.8 Å². The van der Waals surface area contributed by atoms with Crippen LogP contribution in [0.25, 0.3) is 0 Å². The molecule has 0 aromatic heterocycles. The highest BCUT2D eigenvalue weighted by molar-refractivity contribution is 7.99. The van der Waals surface area contributed by atoms with Gasteiger partial charge in [-0.2, -0.15) is 11.8 Å². The highest BCUT2D eigenvalue weighted by Gasteiger charge is 2.35. The third-order valence-corrected chi connectivity index (χ3v) is 5.97. The quantitative estimate of drug-likeness (QED) is 0.618. The average Bonchev–Trinajstić information content (AvgIpc) is 2.39. The first-order valence-electron chi connectivity index (χ1n) is 8.77. The Kier molecular flexibility index (Phi) is 8.59. The second-order valence-electron chi connectivity index (χ2n) is 7.59. The molecule has 0 aliphatic heterocycles. The molecule has 2 heteroatoms. The van der Waals surface area contributed by atoms with Gasteiger partial charge in [-0.3, -0.25) is 0 Å². The van der Waals surface area contributed by atoms with Gasteiger partial charge in [-0.05, 0) is 79.9 Å². The van der Waals surface area contributed by atoms with Crippen LogP contribution in [-0.2, 0) is 0 Å². The Morgan fingerprint density at radius 3 is 2.45 bits per heavy atom. The summed E-state index contributed by atoms with van der Waals surface area (Å²) in [5.74, 6) is 5.45. The zero-order chi connectivity index (χ0) is 15.0. The number of rotatable bonds is 8. The predicted molar refractivity (Wildman–Crippen MR) is 94.6 cm³/mol. The monoisotopic (exact) mass is 299 g/mol. The Labute approximate surface area is 132 Å². The third-order valence-electron chi connectivity index (χ3n) is 5.04. The molecule has 3 unspecified atom stereocenters. The van der Waals surface area contributed by atoms with Gasteiger partial charge in [0.1, 0.15) is 0 Å². The van der Waals surface area contributed by atoms with Gasteiger partial charge in [0.2, 0.25) is 0 Å². The molecule has 1 aliphatic rings. The Bertz CT molecular complexity index is 246. The first kappa shape index (κ1) is 18.4. The van der Waals surface area contributed by atoms with E-state index in [4.69, 9.17) is 0 Å². The summed E-state index contributed by atoms with van der Waals surface area (Å²) in [4.78, 5) is 0. The topological polar surface area (TPSA) is 12.0 Å². The summed E-state index contributed by atoms with van der Waals surface area (Å²) < 4.78 is 0. The van der Waals surface area contributed by atoms with Crippen molar-refractivity contribution in [3.8, 4) is 0 Å². The second-order valence-corrected chi connectivity index (χ2v) is 8.98. The van der Waals surface area contributed by atoms with Crippen LogP contribution in [-0.4, -0.2) is 24.6 Å². The maximum atomic E-state index is 3.67. The Balaban J connectivity index is 2.50. The summed E-state index contributed by atoms with van der Waals surface area (Å²) in [7, 11) is 0. The molecule has 0 saturated heterocycles. The summed E-state index contributed by atoms with van der Waals surface area (Å²) in [6.45, 7) is 14.3. The van der Waals surface area contributed by atoms with E-state index in [1.165, 1.54) is 56.7 Å². The fourth-order valence-corrected chi connectivity index (χ4v) is 4.34. The maximum absolute atomic E-state index is 3.67. The fourth-order valence-electron chi connectivity index (χ4n) is 3.58. The minimum Gasteiger partial charge on any atom is -0.316 e. The number of hydrogen-bond donors (Lipinski definition) is 1. The molecule has 1 rings (SSSR count). The zero-order valence-electron chi connectivity index (χ0n) is 14.5. The Morgan fingerprint density at radius 1 is 1.10 bits per heavy atom. The lowest BCUT2D eigenvalue weighted by molar-refractivity contribution is 0.0957. The van der Waals surface area contributed by atoms with Crippen molar-refractivity contribution in [2.24, 2.45) is 23.2 Å². The average molecular weight is 300 g/mol. The predicted octanol–water partition coefficient (Wildman–Crippen LogP) is 5.21. The van der Waals surface area contributed by atoms with Gasteiger partial charge < -0.3 is 5.32 Å². The van der Waals surface area contributed by atoms with Crippen LogP contribution in [0.4, 0.5) is 0 Å². The summed E-state index contributed by atoms with van der Waals surface area (Å²) in [6.07, 6.45) is 7.04. The smallest absolute Gasteiger partial charge is 0.00179 e. The lowest BCUT2D eigenvalue weighted by Crippen LogP contribution is -2.37. The third kappa shape index (κ3) is 6.39. The Hall–Kier alpha value is 0.310. The highest BCUT2D eigenvalue weighted by Crippen LogP contribution is 2.44. The molecule has 20 heavy (non-hydrogen) atoms. The summed E-state index contributed by atoms with van der Waals surface area (Å²) in [5, 5.41) is 3.67. The van der Waals surface area contributed by atoms with Crippen LogP contribution in [0.15, 0.2) is 0 Å². The normalized spacial score (nSPS) is 27.8. The van der Waals surface area contributed by atoms with Crippen LogP contribution in [0.3, 0.4) is 0 Å². The molecule has 3 atom stereocenters. The minimum atomic E-state index is 0.498. The van der Waals surface area contributed by atoms with Gasteiger partial charge in [-0.15, -0.1) is 0 Å². The summed E-state index contributed by atoms with van der Waals surface area (Å²) >= 11 is 2.12. The standard InChI is InChI=1S/C18H37NS/c1-6-11-19-14-16-8-9-17(18(3,4)5)13-15(16)10-12-20-7-2/h15-17,19H,6-14H2,1-5H3. The molecule has 1 nitrogen and oxygen atoms in total. The van der Waals surface area contributed by atoms with Gasteiger partial charge in [0.05, 0.1) is 0 Å². The van der Waals surface area contributed by atoms with E-state index < -0.39 is 0 Å². The first-order valence-corrected chi connectivity index (χ1v) is 9.92. The van der Waals surface area contributed by atoms with Gasteiger partial charge in [0, 0.05) is 0 Å². The maximum Gasteiger partial charge on any atom is -0.00179 e. The van der Waals surface area contributed by atoms with E-state index in [1.54, 1.807) is 0 Å². The van der Waals surface area contributed by atoms with Gasteiger partial charge in [0.15, 0.2) is 0 Å². The van der Waals surface area contributed by atoms with E-state index in [1.807, 2.05) is 0 Å². The van der Waals surface area contributed by atoms with Crippen molar-refractivity contribution < 1.29 is 0 Å². The van der Waals surface area contributed by atoms with E-state index in [0.717, 1.165) is 17.8 Å². The minimum absolute atomic E-state index is 0.498. The fraction of sp³-hybridized carbons (Fsp3) is 1.00. The molecule has 1 fully saturated rings. The second kappa shape index (κ2) is 9.35. The number of thioether (sulfide) groups is 1. The van der Waals surface area contributed by atoms with E-state index >= 15 is 0 Å². The molecule has 0 spiro atoms. The number of hydrogen-bond acceptors (Lipinski definition) is 2. The lowest BCUT2D eigenvalue weighted by atomic mass is 9.65. The van der Waals surface area contributed by atoms with Crippen LogP contribution < -0.4 is 5.32 Å². The van der Waals surface area contributed by atoms with Crippen molar-refractivity contribution in [3.05, 3.63) is 0 Å². The molecule has 0 bridgehead atoms. The number of nitrogens with one attached hydrogen (secondary N) is 1. The summed E-state index contributed by atoms with van der Waals surface area (Å²) in [6, 6.07) is 0. The van der Waals surface area contributed by atoms with Gasteiger partial charge in [-0.25, -0.2) is 0 Å². The van der Waals surface area contributed by atoms with Gasteiger partial charge >= 0.3 is 0 Å². The molecular formula is C18H37NS. The molecule has 0 heterocycles. The SMILES string of the molecule is CCCNCC1CCC(C(C)(C)C)CC1CCSCC. The van der Waals surface area contributed by atoms with Crippen molar-refractivity contribution >= 4 is 11.8 Å². The molecule has 0 aromatic carbocycles. The lowest BCUT2D eigenvalue weighted by Gasteiger charge is -2.42. The van der Waals surface area contributed by atoms with Crippen molar-refractivity contribution in [2.45, 2.75) is 66.7 Å². The van der Waals surface area contributed by atoms with Gasteiger partial charge in [-0.1, -0.05) is 34.6 Å². The van der Waals surface area contributed by atoms with Crippen molar-refractivity contribution in [1.29, 1.82) is 0 Å². The molecule has 0 amide bonds. The highest BCUT2D eigenvalue weighted by atomic mass is 32.2. The molecule has 1 aliphatic carbocycles. The van der Waals surface area contributed by atoms with E-state index in [2.05, 4.69) is 51.7 Å². The van der Waals surface area contributed by atoms with Crippen molar-refractivity contribution in [1.82, 2.24) is 5.32 Å². The van der Waals surface area contributed by atoms with Crippen LogP contribution in [0.2, 0.25) is 0 Å². The van der Waals surface area contributed by atoms with E-state index in [0.29, 0.717) is 5.41 Å². The molecule has 1 N–H and O–H groups in total. The Morgan fingerprint density at radius 2 is 1.85 bits per heavy atom.